The molecule has 1 rings (SSSR count). The van der Waals surface area contributed by atoms with Gasteiger partial charge in [-0.15, -0.1) is 0 Å². The first-order valence-corrected chi connectivity index (χ1v) is 6.35. The average Bonchev–Trinajstić information content (AvgIpc) is 2.14. The van der Waals surface area contributed by atoms with Gasteiger partial charge in [-0.25, -0.2) is 0 Å². The lowest BCUT2D eigenvalue weighted by atomic mass is 9.68. The second kappa shape index (κ2) is 5.52. The Morgan fingerprint density at radius 3 is 2.82 bits per heavy atom. The predicted molar refractivity (Wildman–Crippen MR) is 70.6 cm³/mol. The summed E-state index contributed by atoms with van der Waals surface area (Å²) in [5.41, 5.74) is 1.47. The van der Waals surface area contributed by atoms with Crippen LogP contribution in [-0.2, 0) is 9.53 Å². The van der Waals surface area contributed by atoms with Crippen molar-refractivity contribution in [2.24, 2.45) is 11.3 Å². The van der Waals surface area contributed by atoms with Gasteiger partial charge < -0.3 is 4.74 Å². The summed E-state index contributed by atoms with van der Waals surface area (Å²) in [6.07, 6.45) is 7.40. The minimum absolute atomic E-state index is 0.00186. The molecule has 0 aromatic rings. The molecule has 0 spiro atoms. The van der Waals surface area contributed by atoms with Crippen LogP contribution in [-0.4, -0.2) is 12.1 Å². The van der Waals surface area contributed by atoms with Crippen molar-refractivity contribution in [2.75, 3.05) is 0 Å². The number of ether oxygens (including phenoxy) is 1. The summed E-state index contributed by atoms with van der Waals surface area (Å²) in [4.78, 5) is 10.8. The lowest BCUT2D eigenvalue weighted by Gasteiger charge is -2.37. The third kappa shape index (κ3) is 4.03. The van der Waals surface area contributed by atoms with E-state index in [-0.39, 0.29) is 17.5 Å². The predicted octanol–water partition coefficient (Wildman–Crippen LogP) is 3.88. The number of esters is 1. The van der Waals surface area contributed by atoms with E-state index in [0.717, 1.165) is 19.3 Å². The minimum atomic E-state index is -0.195. The maximum absolute atomic E-state index is 10.8. The number of carbonyl (C=O) groups excluding carboxylic acids is 1. The molecule has 0 bridgehead atoms. The highest BCUT2D eigenvalue weighted by Crippen LogP contribution is 2.41. The van der Waals surface area contributed by atoms with Crippen LogP contribution in [0.15, 0.2) is 24.3 Å². The molecule has 0 saturated heterocycles. The highest BCUT2D eigenvalue weighted by atomic mass is 16.5. The van der Waals surface area contributed by atoms with E-state index in [2.05, 4.69) is 32.6 Å². The zero-order valence-electron chi connectivity index (χ0n) is 11.5. The molecule has 0 aromatic heterocycles. The van der Waals surface area contributed by atoms with Crippen LogP contribution >= 0.6 is 0 Å². The maximum atomic E-state index is 10.8. The van der Waals surface area contributed by atoms with Gasteiger partial charge in [-0.2, -0.15) is 0 Å². The molecule has 0 aromatic carbocycles. The number of hydrogen-bond donors (Lipinski definition) is 0. The third-order valence-corrected chi connectivity index (χ3v) is 3.55. The first-order chi connectivity index (χ1) is 7.83. The van der Waals surface area contributed by atoms with Crippen LogP contribution in [0.2, 0.25) is 0 Å². The Morgan fingerprint density at radius 2 is 2.29 bits per heavy atom. The molecule has 0 fully saturated rings. The highest BCUT2D eigenvalue weighted by Gasteiger charge is 2.31. The molecule has 0 amide bonds. The van der Waals surface area contributed by atoms with Crippen LogP contribution in [0.5, 0.6) is 0 Å². The van der Waals surface area contributed by atoms with Gasteiger partial charge >= 0.3 is 5.97 Å². The summed E-state index contributed by atoms with van der Waals surface area (Å²) in [6, 6.07) is 0. The molecule has 0 heterocycles. The molecule has 0 radical (unpaired) electrons. The van der Waals surface area contributed by atoms with Crippen LogP contribution in [0.1, 0.15) is 47.0 Å². The molecule has 2 unspecified atom stereocenters. The lowest BCUT2D eigenvalue weighted by molar-refractivity contribution is -0.145. The Kier molecular flexibility index (Phi) is 4.55. The van der Waals surface area contributed by atoms with Crippen LogP contribution in [0.25, 0.3) is 0 Å². The van der Waals surface area contributed by atoms with Gasteiger partial charge in [-0.05, 0) is 37.5 Å². The van der Waals surface area contributed by atoms with Crippen molar-refractivity contribution < 1.29 is 9.53 Å². The van der Waals surface area contributed by atoms with E-state index in [1.54, 1.807) is 0 Å². The zero-order chi connectivity index (χ0) is 13.1. The second-order valence-corrected chi connectivity index (χ2v) is 5.64. The molecule has 0 N–H and O–H groups in total. The van der Waals surface area contributed by atoms with E-state index in [1.807, 2.05) is 6.92 Å². The molecule has 2 atom stereocenters. The van der Waals surface area contributed by atoms with Gasteiger partial charge in [0.25, 0.3) is 0 Å². The Bertz CT molecular complexity index is 326. The first kappa shape index (κ1) is 14.0. The summed E-state index contributed by atoms with van der Waals surface area (Å²) in [5, 5.41) is 0. The monoisotopic (exact) mass is 236 g/mol. The fourth-order valence-electron chi connectivity index (χ4n) is 2.62. The summed E-state index contributed by atoms with van der Waals surface area (Å²) < 4.78 is 5.16. The molecule has 0 saturated carbocycles. The van der Waals surface area contributed by atoms with Crippen molar-refractivity contribution in [3.63, 3.8) is 0 Å². The highest BCUT2D eigenvalue weighted by molar-refractivity contribution is 5.66. The number of hydrogen-bond acceptors (Lipinski definition) is 2. The van der Waals surface area contributed by atoms with Gasteiger partial charge in [-0.3, -0.25) is 4.79 Å². The molecule has 1 aliphatic carbocycles. The van der Waals surface area contributed by atoms with E-state index >= 15 is 0 Å². The molecule has 2 heteroatoms. The lowest BCUT2D eigenvalue weighted by Crippen LogP contribution is -2.27. The van der Waals surface area contributed by atoms with Gasteiger partial charge in [0, 0.05) is 6.92 Å². The standard InChI is InChI=1S/C15H24O2/c1-11-7-6-10-15(4,5)14(11)9-8-12(2)17-13(3)16/h6,10,12,14H,1,7-9H2,2-5H3. The van der Waals surface area contributed by atoms with Gasteiger partial charge in [-0.1, -0.05) is 38.2 Å². The van der Waals surface area contributed by atoms with E-state index in [0.29, 0.717) is 5.92 Å². The van der Waals surface area contributed by atoms with Crippen LogP contribution in [0.4, 0.5) is 0 Å². The zero-order valence-corrected chi connectivity index (χ0v) is 11.5. The fraction of sp³-hybridized carbons (Fsp3) is 0.667. The quantitative estimate of drug-likeness (QED) is 0.547. The normalized spacial score (nSPS) is 24.5. The molecule has 0 aliphatic heterocycles. The topological polar surface area (TPSA) is 26.3 Å². The second-order valence-electron chi connectivity index (χ2n) is 5.64. The van der Waals surface area contributed by atoms with Crippen LogP contribution in [0.3, 0.4) is 0 Å². The summed E-state index contributed by atoms with van der Waals surface area (Å²) in [5.74, 6) is 0.296. The number of rotatable bonds is 4. The molecular weight excluding hydrogens is 212 g/mol. The first-order valence-electron chi connectivity index (χ1n) is 6.35. The smallest absolute Gasteiger partial charge is 0.302 e. The van der Waals surface area contributed by atoms with E-state index in [4.69, 9.17) is 4.74 Å². The van der Waals surface area contributed by atoms with Gasteiger partial charge in [0.1, 0.15) is 0 Å². The Morgan fingerprint density at radius 1 is 1.65 bits per heavy atom. The van der Waals surface area contributed by atoms with Crippen LogP contribution < -0.4 is 0 Å². The number of allylic oxidation sites excluding steroid dienone is 3. The molecule has 2 nitrogen and oxygen atoms in total. The number of carbonyl (C=O) groups is 1. The third-order valence-electron chi connectivity index (χ3n) is 3.55. The molecule has 96 valence electrons. The summed E-state index contributed by atoms with van der Waals surface area (Å²) in [6.45, 7) is 12.1. The van der Waals surface area contributed by atoms with Crippen molar-refractivity contribution in [1.82, 2.24) is 0 Å². The van der Waals surface area contributed by atoms with Crippen molar-refractivity contribution in [1.29, 1.82) is 0 Å². The van der Waals surface area contributed by atoms with Gasteiger partial charge in [0.15, 0.2) is 0 Å². The average molecular weight is 236 g/mol. The van der Waals surface area contributed by atoms with Gasteiger partial charge in [0.05, 0.1) is 6.10 Å². The maximum Gasteiger partial charge on any atom is 0.302 e. The molecular formula is C15H24O2. The molecule has 1 aliphatic rings. The van der Waals surface area contributed by atoms with Gasteiger partial charge in [0.2, 0.25) is 0 Å². The van der Waals surface area contributed by atoms with Crippen molar-refractivity contribution in [3.05, 3.63) is 24.3 Å². The van der Waals surface area contributed by atoms with E-state index in [1.165, 1.54) is 12.5 Å². The Balaban J connectivity index is 2.53. The SMILES string of the molecule is C=C1CC=CC(C)(C)C1CCC(C)OC(C)=O. The minimum Gasteiger partial charge on any atom is -0.463 e. The van der Waals surface area contributed by atoms with E-state index < -0.39 is 0 Å². The van der Waals surface area contributed by atoms with Crippen molar-refractivity contribution in [3.8, 4) is 0 Å². The van der Waals surface area contributed by atoms with Crippen molar-refractivity contribution >= 4 is 5.97 Å². The largest absolute Gasteiger partial charge is 0.463 e. The summed E-state index contributed by atoms with van der Waals surface area (Å²) in [7, 11) is 0. The van der Waals surface area contributed by atoms with E-state index in [9.17, 15) is 4.79 Å². The summed E-state index contributed by atoms with van der Waals surface area (Å²) >= 11 is 0. The molecule has 17 heavy (non-hydrogen) atoms. The fourth-order valence-corrected chi connectivity index (χ4v) is 2.62. The Hall–Kier alpha value is -1.05. The van der Waals surface area contributed by atoms with Crippen LogP contribution in [0, 0.1) is 11.3 Å². The Labute approximate surface area is 105 Å². The van der Waals surface area contributed by atoms with Crippen molar-refractivity contribution in [2.45, 2.75) is 53.1 Å².